The van der Waals surface area contributed by atoms with E-state index >= 15 is 0 Å². The van der Waals surface area contributed by atoms with Crippen molar-refractivity contribution in [3.63, 3.8) is 0 Å². The highest BCUT2D eigenvalue weighted by Gasteiger charge is 2.13. The fourth-order valence-corrected chi connectivity index (χ4v) is 3.32. The first-order valence-electron chi connectivity index (χ1n) is 8.65. The summed E-state index contributed by atoms with van der Waals surface area (Å²) in [5.41, 5.74) is 3.59. The maximum atomic E-state index is 12.3. The lowest BCUT2D eigenvalue weighted by Gasteiger charge is -2.15. The molecule has 128 valence electrons. The number of carbonyl (C=O) groups is 1. The summed E-state index contributed by atoms with van der Waals surface area (Å²) in [7, 11) is 0. The lowest BCUT2D eigenvalue weighted by atomic mass is 9.97. The van der Waals surface area contributed by atoms with Gasteiger partial charge in [0, 0.05) is 30.5 Å². The van der Waals surface area contributed by atoms with Gasteiger partial charge in [-0.25, -0.2) is 4.68 Å². The van der Waals surface area contributed by atoms with Gasteiger partial charge in [-0.3, -0.25) is 9.59 Å². The standard InChI is InChI=1S/C19H20N4O2/c24-18-12-14-5-1-2-7-17(14)21-23(18)10-8-20-19(25)15-11-16-6-3-4-9-22(16)13-15/h3-4,6,9,11-13H,1-2,5,7-8,10H2,(H,20,25). The Kier molecular flexibility index (Phi) is 4.09. The fourth-order valence-electron chi connectivity index (χ4n) is 3.32. The van der Waals surface area contributed by atoms with Gasteiger partial charge in [0.25, 0.3) is 11.5 Å². The van der Waals surface area contributed by atoms with E-state index in [0.29, 0.717) is 18.7 Å². The van der Waals surface area contributed by atoms with Gasteiger partial charge < -0.3 is 9.72 Å². The molecule has 4 rings (SSSR count). The molecule has 3 aromatic rings. The molecule has 0 aromatic carbocycles. The Bertz CT molecular complexity index is 953. The van der Waals surface area contributed by atoms with Crippen LogP contribution in [0.2, 0.25) is 0 Å². The third kappa shape index (κ3) is 3.20. The van der Waals surface area contributed by atoms with E-state index in [4.69, 9.17) is 0 Å². The fraction of sp³-hybridized carbons (Fsp3) is 0.316. The number of aryl methyl sites for hydroxylation is 2. The zero-order valence-electron chi connectivity index (χ0n) is 13.9. The van der Waals surface area contributed by atoms with Gasteiger partial charge in [0.1, 0.15) is 0 Å². The van der Waals surface area contributed by atoms with Crippen molar-refractivity contribution in [2.24, 2.45) is 0 Å². The van der Waals surface area contributed by atoms with Gasteiger partial charge in [-0.15, -0.1) is 0 Å². The second kappa shape index (κ2) is 6.55. The molecule has 1 N–H and O–H groups in total. The molecule has 0 saturated heterocycles. The van der Waals surface area contributed by atoms with Crippen molar-refractivity contribution < 1.29 is 4.79 Å². The van der Waals surface area contributed by atoms with Crippen LogP contribution in [0.4, 0.5) is 0 Å². The molecule has 0 spiro atoms. The molecule has 3 aromatic heterocycles. The van der Waals surface area contributed by atoms with E-state index < -0.39 is 0 Å². The molecule has 0 radical (unpaired) electrons. The van der Waals surface area contributed by atoms with E-state index in [9.17, 15) is 9.59 Å². The predicted molar refractivity (Wildman–Crippen MR) is 94.9 cm³/mol. The quantitative estimate of drug-likeness (QED) is 0.790. The summed E-state index contributed by atoms with van der Waals surface area (Å²) >= 11 is 0. The largest absolute Gasteiger partial charge is 0.350 e. The van der Waals surface area contributed by atoms with Crippen LogP contribution in [0.5, 0.6) is 0 Å². The summed E-state index contributed by atoms with van der Waals surface area (Å²) in [4.78, 5) is 24.4. The molecule has 1 aliphatic carbocycles. The molecular formula is C19H20N4O2. The van der Waals surface area contributed by atoms with Crippen molar-refractivity contribution in [3.8, 4) is 0 Å². The smallest absolute Gasteiger partial charge is 0.267 e. The van der Waals surface area contributed by atoms with Gasteiger partial charge in [0.2, 0.25) is 0 Å². The third-order valence-corrected chi connectivity index (χ3v) is 4.65. The predicted octanol–water partition coefficient (Wildman–Crippen LogP) is 1.80. The van der Waals surface area contributed by atoms with E-state index in [1.54, 1.807) is 12.3 Å². The number of rotatable bonds is 4. The summed E-state index contributed by atoms with van der Waals surface area (Å²) < 4.78 is 3.37. The molecule has 0 saturated carbocycles. The molecule has 0 atom stereocenters. The van der Waals surface area contributed by atoms with Crippen LogP contribution in [0.1, 0.15) is 34.5 Å². The monoisotopic (exact) mass is 336 g/mol. The van der Waals surface area contributed by atoms with Crippen molar-refractivity contribution in [3.05, 3.63) is 69.9 Å². The van der Waals surface area contributed by atoms with E-state index in [0.717, 1.165) is 42.5 Å². The summed E-state index contributed by atoms with van der Waals surface area (Å²) in [5.74, 6) is -0.144. The lowest BCUT2D eigenvalue weighted by Crippen LogP contribution is -2.33. The van der Waals surface area contributed by atoms with Crippen LogP contribution >= 0.6 is 0 Å². The summed E-state index contributed by atoms with van der Waals surface area (Å²) in [5, 5.41) is 7.33. The lowest BCUT2D eigenvalue weighted by molar-refractivity contribution is 0.0952. The first kappa shape index (κ1) is 15.6. The van der Waals surface area contributed by atoms with Gasteiger partial charge in [0.05, 0.1) is 17.8 Å². The average molecular weight is 336 g/mol. The molecule has 6 nitrogen and oxygen atoms in total. The zero-order chi connectivity index (χ0) is 17.2. The van der Waals surface area contributed by atoms with Gasteiger partial charge >= 0.3 is 0 Å². The van der Waals surface area contributed by atoms with Crippen LogP contribution < -0.4 is 10.9 Å². The van der Waals surface area contributed by atoms with Gasteiger partial charge in [-0.1, -0.05) is 6.07 Å². The SMILES string of the molecule is O=C(NCCn1nc2c(cc1=O)CCCC2)c1cc2ccccn2c1. The third-order valence-electron chi connectivity index (χ3n) is 4.65. The Morgan fingerprint density at radius 3 is 2.96 bits per heavy atom. The van der Waals surface area contributed by atoms with E-state index in [2.05, 4.69) is 10.4 Å². The maximum absolute atomic E-state index is 12.3. The molecule has 1 aliphatic rings. The van der Waals surface area contributed by atoms with Crippen LogP contribution in [0.25, 0.3) is 5.52 Å². The summed E-state index contributed by atoms with van der Waals surface area (Å²) in [6.45, 7) is 0.752. The Labute approximate surface area is 145 Å². The van der Waals surface area contributed by atoms with Crippen LogP contribution in [0.15, 0.2) is 47.5 Å². The highest BCUT2D eigenvalue weighted by Crippen LogP contribution is 2.16. The van der Waals surface area contributed by atoms with Gasteiger partial charge in [-0.05, 0) is 49.4 Å². The summed E-state index contributed by atoms with van der Waals surface area (Å²) in [6, 6.07) is 9.35. The number of amides is 1. The number of pyridine rings is 1. The molecule has 1 amide bonds. The number of hydrogen-bond acceptors (Lipinski definition) is 3. The Morgan fingerprint density at radius 2 is 2.08 bits per heavy atom. The minimum atomic E-state index is -0.144. The molecular weight excluding hydrogens is 316 g/mol. The highest BCUT2D eigenvalue weighted by atomic mass is 16.2. The zero-order valence-corrected chi connectivity index (χ0v) is 13.9. The van der Waals surface area contributed by atoms with Crippen LogP contribution in [0, 0.1) is 0 Å². The molecule has 0 bridgehead atoms. The topological polar surface area (TPSA) is 68.4 Å². The van der Waals surface area contributed by atoms with Crippen molar-refractivity contribution in [1.82, 2.24) is 19.5 Å². The Balaban J connectivity index is 1.42. The molecule has 25 heavy (non-hydrogen) atoms. The van der Waals surface area contributed by atoms with E-state index in [1.165, 1.54) is 4.68 Å². The number of fused-ring (bicyclic) bond motifs is 2. The van der Waals surface area contributed by atoms with E-state index in [-0.39, 0.29) is 11.5 Å². The van der Waals surface area contributed by atoms with Crippen LogP contribution in [-0.2, 0) is 19.4 Å². The first-order chi connectivity index (χ1) is 12.2. The van der Waals surface area contributed by atoms with Crippen molar-refractivity contribution in [1.29, 1.82) is 0 Å². The molecule has 0 aliphatic heterocycles. The van der Waals surface area contributed by atoms with Crippen LogP contribution in [0.3, 0.4) is 0 Å². The molecule has 0 unspecified atom stereocenters. The Morgan fingerprint density at radius 1 is 1.20 bits per heavy atom. The second-order valence-electron chi connectivity index (χ2n) is 6.40. The van der Waals surface area contributed by atoms with Crippen molar-refractivity contribution >= 4 is 11.4 Å². The number of nitrogens with one attached hydrogen (secondary N) is 1. The number of carbonyl (C=O) groups excluding carboxylic acids is 1. The minimum Gasteiger partial charge on any atom is -0.350 e. The molecule has 6 heteroatoms. The van der Waals surface area contributed by atoms with E-state index in [1.807, 2.05) is 34.9 Å². The normalized spacial score (nSPS) is 13.6. The van der Waals surface area contributed by atoms with Crippen LogP contribution in [-0.4, -0.2) is 26.6 Å². The molecule has 0 fully saturated rings. The first-order valence-corrected chi connectivity index (χ1v) is 8.65. The van der Waals surface area contributed by atoms with Gasteiger partial charge in [-0.2, -0.15) is 5.10 Å². The number of hydrogen-bond donors (Lipinski definition) is 1. The molecule has 3 heterocycles. The second-order valence-corrected chi connectivity index (χ2v) is 6.40. The number of nitrogens with zero attached hydrogens (tertiary/aromatic N) is 3. The maximum Gasteiger partial charge on any atom is 0.267 e. The van der Waals surface area contributed by atoms with Gasteiger partial charge in [0.15, 0.2) is 0 Å². The van der Waals surface area contributed by atoms with Crippen molar-refractivity contribution in [2.75, 3.05) is 6.54 Å². The number of aromatic nitrogens is 3. The average Bonchev–Trinajstić information content (AvgIpc) is 3.06. The highest BCUT2D eigenvalue weighted by molar-refractivity contribution is 5.95. The Hall–Kier alpha value is -2.89. The minimum absolute atomic E-state index is 0.0931. The summed E-state index contributed by atoms with van der Waals surface area (Å²) in [6.07, 6.45) is 7.82. The van der Waals surface area contributed by atoms with Crippen molar-refractivity contribution in [2.45, 2.75) is 32.2 Å².